The SMILES string of the molecule is Cc1c2c(c(C3(CN)CCCC3)c3c1OC(C)C3)OC(C)C2. The van der Waals surface area contributed by atoms with Gasteiger partial charge in [-0.3, -0.25) is 0 Å². The second-order valence-electron chi connectivity index (χ2n) is 7.57. The molecule has 2 atom stereocenters. The lowest BCUT2D eigenvalue weighted by Gasteiger charge is -2.32. The maximum Gasteiger partial charge on any atom is 0.127 e. The molecule has 0 aromatic heterocycles. The summed E-state index contributed by atoms with van der Waals surface area (Å²) in [6, 6.07) is 0. The van der Waals surface area contributed by atoms with E-state index in [1.807, 2.05) is 0 Å². The Bertz CT molecular complexity index is 577. The highest BCUT2D eigenvalue weighted by molar-refractivity contribution is 5.64. The van der Waals surface area contributed by atoms with E-state index in [2.05, 4.69) is 20.8 Å². The number of hydrogen-bond donors (Lipinski definition) is 1. The van der Waals surface area contributed by atoms with Crippen LogP contribution in [-0.4, -0.2) is 18.8 Å². The highest BCUT2D eigenvalue weighted by atomic mass is 16.5. The van der Waals surface area contributed by atoms with Gasteiger partial charge in [-0.15, -0.1) is 0 Å². The van der Waals surface area contributed by atoms with Gasteiger partial charge in [-0.25, -0.2) is 0 Å². The molecule has 2 N–H and O–H groups in total. The number of fused-ring (bicyclic) bond motifs is 2. The molecule has 2 unspecified atom stereocenters. The Morgan fingerprint density at radius 1 is 1.00 bits per heavy atom. The molecule has 0 radical (unpaired) electrons. The summed E-state index contributed by atoms with van der Waals surface area (Å²) in [4.78, 5) is 0. The van der Waals surface area contributed by atoms with E-state index in [1.165, 1.54) is 47.9 Å². The third kappa shape index (κ3) is 1.84. The highest BCUT2D eigenvalue weighted by Gasteiger charge is 2.44. The molecule has 1 aromatic carbocycles. The van der Waals surface area contributed by atoms with E-state index in [0.29, 0.717) is 0 Å². The molecule has 3 nitrogen and oxygen atoms in total. The second kappa shape index (κ2) is 4.89. The van der Waals surface area contributed by atoms with Crippen molar-refractivity contribution in [1.29, 1.82) is 0 Å². The molecule has 22 heavy (non-hydrogen) atoms. The van der Waals surface area contributed by atoms with Crippen molar-refractivity contribution in [2.45, 2.75) is 76.9 Å². The first kappa shape index (κ1) is 14.4. The van der Waals surface area contributed by atoms with Gasteiger partial charge >= 0.3 is 0 Å². The van der Waals surface area contributed by atoms with Crippen molar-refractivity contribution in [2.75, 3.05) is 6.54 Å². The molecular formula is C19H27NO2. The Labute approximate surface area is 133 Å². The summed E-state index contributed by atoms with van der Waals surface area (Å²) in [6.07, 6.45) is 7.47. The van der Waals surface area contributed by atoms with Gasteiger partial charge in [0.2, 0.25) is 0 Å². The average Bonchev–Trinajstić information content (AvgIpc) is 3.18. The predicted molar refractivity (Wildman–Crippen MR) is 88.0 cm³/mol. The zero-order valence-corrected chi connectivity index (χ0v) is 14.0. The molecule has 0 bridgehead atoms. The third-order valence-corrected chi connectivity index (χ3v) is 5.97. The van der Waals surface area contributed by atoms with Gasteiger partial charge in [0.25, 0.3) is 0 Å². The molecular weight excluding hydrogens is 274 g/mol. The van der Waals surface area contributed by atoms with Gasteiger partial charge in [0.1, 0.15) is 23.7 Å². The summed E-state index contributed by atoms with van der Waals surface area (Å²) >= 11 is 0. The topological polar surface area (TPSA) is 44.5 Å². The van der Waals surface area contributed by atoms with E-state index in [-0.39, 0.29) is 17.6 Å². The summed E-state index contributed by atoms with van der Waals surface area (Å²) in [5, 5.41) is 0. The van der Waals surface area contributed by atoms with Crippen LogP contribution in [0.1, 0.15) is 61.8 Å². The van der Waals surface area contributed by atoms with Gasteiger partial charge in [0.05, 0.1) is 0 Å². The molecule has 4 rings (SSSR count). The largest absolute Gasteiger partial charge is 0.490 e. The summed E-state index contributed by atoms with van der Waals surface area (Å²) < 4.78 is 12.5. The maximum absolute atomic E-state index is 6.31. The Balaban J connectivity index is 1.98. The zero-order chi connectivity index (χ0) is 15.5. The lowest BCUT2D eigenvalue weighted by molar-refractivity contribution is 0.246. The summed E-state index contributed by atoms with van der Waals surface area (Å²) in [7, 11) is 0. The van der Waals surface area contributed by atoms with Crippen LogP contribution < -0.4 is 15.2 Å². The minimum atomic E-state index is 0.110. The fourth-order valence-electron chi connectivity index (χ4n) is 4.89. The molecule has 1 aromatic rings. The standard InChI is InChI=1S/C19H27NO2/c1-11-8-14-13(3)17-15(9-12(2)21-17)16(18(14)22-11)19(10-20)6-4-5-7-19/h11-12H,4-10,20H2,1-3H3. The monoisotopic (exact) mass is 301 g/mol. The highest BCUT2D eigenvalue weighted by Crippen LogP contribution is 2.54. The van der Waals surface area contributed by atoms with Crippen LogP contribution in [0.15, 0.2) is 0 Å². The van der Waals surface area contributed by atoms with Crippen molar-refractivity contribution >= 4 is 0 Å². The van der Waals surface area contributed by atoms with Gasteiger partial charge in [-0.2, -0.15) is 0 Å². The van der Waals surface area contributed by atoms with Crippen LogP contribution in [0.3, 0.4) is 0 Å². The molecule has 1 fully saturated rings. The van der Waals surface area contributed by atoms with Crippen molar-refractivity contribution in [3.05, 3.63) is 22.3 Å². The van der Waals surface area contributed by atoms with E-state index in [1.54, 1.807) is 0 Å². The van der Waals surface area contributed by atoms with Gasteiger partial charge in [0, 0.05) is 41.5 Å². The summed E-state index contributed by atoms with van der Waals surface area (Å²) in [5.74, 6) is 2.30. The van der Waals surface area contributed by atoms with E-state index in [4.69, 9.17) is 15.2 Å². The summed E-state index contributed by atoms with van der Waals surface area (Å²) in [5.41, 5.74) is 11.9. The van der Waals surface area contributed by atoms with Crippen LogP contribution in [-0.2, 0) is 18.3 Å². The van der Waals surface area contributed by atoms with E-state index in [9.17, 15) is 0 Å². The van der Waals surface area contributed by atoms with Crippen molar-refractivity contribution < 1.29 is 9.47 Å². The Hall–Kier alpha value is -1.22. The number of hydrogen-bond acceptors (Lipinski definition) is 3. The number of ether oxygens (including phenoxy) is 2. The van der Waals surface area contributed by atoms with Crippen molar-refractivity contribution in [1.82, 2.24) is 0 Å². The molecule has 3 aliphatic rings. The smallest absolute Gasteiger partial charge is 0.127 e. The molecule has 0 amide bonds. The Kier molecular flexibility index (Phi) is 3.19. The zero-order valence-electron chi connectivity index (χ0n) is 14.0. The summed E-state index contributed by atoms with van der Waals surface area (Å²) in [6.45, 7) is 7.26. The quantitative estimate of drug-likeness (QED) is 0.910. The van der Waals surface area contributed by atoms with Gasteiger partial charge in [0.15, 0.2) is 0 Å². The Morgan fingerprint density at radius 2 is 1.59 bits per heavy atom. The van der Waals surface area contributed by atoms with Crippen LogP contribution in [0.2, 0.25) is 0 Å². The number of benzene rings is 1. The van der Waals surface area contributed by atoms with Crippen molar-refractivity contribution in [3.8, 4) is 11.5 Å². The van der Waals surface area contributed by atoms with Crippen LogP contribution >= 0.6 is 0 Å². The number of rotatable bonds is 2. The van der Waals surface area contributed by atoms with E-state index < -0.39 is 0 Å². The fraction of sp³-hybridized carbons (Fsp3) is 0.684. The third-order valence-electron chi connectivity index (χ3n) is 5.97. The first-order chi connectivity index (χ1) is 10.6. The molecule has 2 heterocycles. The van der Waals surface area contributed by atoms with Crippen LogP contribution in [0.5, 0.6) is 11.5 Å². The van der Waals surface area contributed by atoms with Gasteiger partial charge in [-0.1, -0.05) is 12.8 Å². The lowest BCUT2D eigenvalue weighted by atomic mass is 9.74. The molecule has 0 saturated heterocycles. The van der Waals surface area contributed by atoms with Crippen LogP contribution in [0.4, 0.5) is 0 Å². The fourth-order valence-corrected chi connectivity index (χ4v) is 4.89. The van der Waals surface area contributed by atoms with E-state index in [0.717, 1.165) is 30.9 Å². The normalized spacial score (nSPS) is 28.2. The molecule has 0 spiro atoms. The Morgan fingerprint density at radius 3 is 2.23 bits per heavy atom. The first-order valence-corrected chi connectivity index (χ1v) is 8.78. The maximum atomic E-state index is 6.31. The molecule has 120 valence electrons. The lowest BCUT2D eigenvalue weighted by Crippen LogP contribution is -2.33. The number of nitrogens with two attached hydrogens (primary N) is 1. The molecule has 2 aliphatic heterocycles. The first-order valence-electron chi connectivity index (χ1n) is 8.78. The van der Waals surface area contributed by atoms with Crippen molar-refractivity contribution in [3.63, 3.8) is 0 Å². The second-order valence-corrected chi connectivity index (χ2v) is 7.57. The van der Waals surface area contributed by atoms with Crippen LogP contribution in [0.25, 0.3) is 0 Å². The van der Waals surface area contributed by atoms with Crippen molar-refractivity contribution in [2.24, 2.45) is 5.73 Å². The van der Waals surface area contributed by atoms with Gasteiger partial charge < -0.3 is 15.2 Å². The molecule has 3 heteroatoms. The average molecular weight is 301 g/mol. The molecule has 1 saturated carbocycles. The predicted octanol–water partition coefficient (Wildman–Crippen LogP) is 3.41. The molecule has 1 aliphatic carbocycles. The minimum Gasteiger partial charge on any atom is -0.490 e. The van der Waals surface area contributed by atoms with Gasteiger partial charge in [-0.05, 0) is 39.2 Å². The minimum absolute atomic E-state index is 0.110. The van der Waals surface area contributed by atoms with E-state index >= 15 is 0 Å². The van der Waals surface area contributed by atoms with Crippen LogP contribution in [0, 0.1) is 6.92 Å².